The largest absolute Gasteiger partial charge is 0.451 e. The van der Waals surface area contributed by atoms with E-state index in [4.69, 9.17) is 4.42 Å². The summed E-state index contributed by atoms with van der Waals surface area (Å²) in [4.78, 5) is 14.4. The van der Waals surface area contributed by atoms with E-state index in [9.17, 15) is 4.79 Å². The van der Waals surface area contributed by atoms with Gasteiger partial charge in [-0.25, -0.2) is 0 Å². The van der Waals surface area contributed by atoms with Crippen molar-refractivity contribution in [1.29, 1.82) is 0 Å². The number of furan rings is 1. The van der Waals surface area contributed by atoms with E-state index in [-0.39, 0.29) is 11.9 Å². The summed E-state index contributed by atoms with van der Waals surface area (Å²) in [5, 5.41) is 4.34. The highest BCUT2D eigenvalue weighted by Gasteiger charge is 2.29. The number of carbonyl (C=O) groups excluding carboxylic acids is 1. The minimum absolute atomic E-state index is 0.0166. The van der Waals surface area contributed by atoms with Crippen molar-refractivity contribution in [2.75, 3.05) is 13.1 Å². The maximum atomic E-state index is 12.5. The molecule has 2 heterocycles. The SMILES string of the molecule is C[C@@H]1CN(C(=O)c2cc3ccccc3o2)[C@@H](C)CN1. The Hall–Kier alpha value is -1.81. The molecule has 1 N–H and O–H groups in total. The maximum absolute atomic E-state index is 12.5. The molecule has 1 amide bonds. The predicted octanol–water partition coefficient (Wildman–Crippen LogP) is 2.26. The fourth-order valence-corrected chi connectivity index (χ4v) is 2.53. The third kappa shape index (κ3) is 2.24. The van der Waals surface area contributed by atoms with Gasteiger partial charge in [0.2, 0.25) is 0 Å². The average Bonchev–Trinajstić information content (AvgIpc) is 2.84. The summed E-state index contributed by atoms with van der Waals surface area (Å²) >= 11 is 0. The van der Waals surface area contributed by atoms with Crippen LogP contribution >= 0.6 is 0 Å². The van der Waals surface area contributed by atoms with Gasteiger partial charge < -0.3 is 14.6 Å². The zero-order valence-corrected chi connectivity index (χ0v) is 11.2. The van der Waals surface area contributed by atoms with Gasteiger partial charge >= 0.3 is 0 Å². The first-order chi connectivity index (χ1) is 9.15. The van der Waals surface area contributed by atoms with Crippen LogP contribution in [0.3, 0.4) is 0 Å². The van der Waals surface area contributed by atoms with Crippen molar-refractivity contribution >= 4 is 16.9 Å². The molecule has 2 aromatic rings. The number of nitrogens with zero attached hydrogens (tertiary/aromatic N) is 1. The summed E-state index contributed by atoms with van der Waals surface area (Å²) in [6.45, 7) is 5.69. The minimum Gasteiger partial charge on any atom is -0.451 e. The number of benzene rings is 1. The smallest absolute Gasteiger partial charge is 0.289 e. The first kappa shape index (κ1) is 12.2. The van der Waals surface area contributed by atoms with Crippen LogP contribution in [0.1, 0.15) is 24.4 Å². The van der Waals surface area contributed by atoms with Crippen LogP contribution in [0.25, 0.3) is 11.0 Å². The molecule has 4 heteroatoms. The summed E-state index contributed by atoms with van der Waals surface area (Å²) in [5.74, 6) is 0.416. The zero-order valence-electron chi connectivity index (χ0n) is 11.2. The van der Waals surface area contributed by atoms with Crippen molar-refractivity contribution in [3.8, 4) is 0 Å². The number of para-hydroxylation sites is 1. The number of carbonyl (C=O) groups is 1. The summed E-state index contributed by atoms with van der Waals surface area (Å²) in [6, 6.07) is 10.0. The number of fused-ring (bicyclic) bond motifs is 1. The second-order valence-corrected chi connectivity index (χ2v) is 5.26. The van der Waals surface area contributed by atoms with E-state index in [0.29, 0.717) is 11.8 Å². The van der Waals surface area contributed by atoms with Gasteiger partial charge in [0.15, 0.2) is 5.76 Å². The van der Waals surface area contributed by atoms with Gasteiger partial charge in [0.05, 0.1) is 0 Å². The summed E-state index contributed by atoms with van der Waals surface area (Å²) in [5.41, 5.74) is 0.765. The van der Waals surface area contributed by atoms with Crippen molar-refractivity contribution < 1.29 is 9.21 Å². The van der Waals surface area contributed by atoms with Crippen LogP contribution in [0, 0.1) is 0 Å². The lowest BCUT2D eigenvalue weighted by atomic mass is 10.1. The van der Waals surface area contributed by atoms with E-state index in [2.05, 4.69) is 19.2 Å². The van der Waals surface area contributed by atoms with Crippen molar-refractivity contribution in [2.45, 2.75) is 25.9 Å². The molecule has 1 aliphatic rings. The summed E-state index contributed by atoms with van der Waals surface area (Å²) in [7, 11) is 0. The molecular weight excluding hydrogens is 240 g/mol. The Kier molecular flexibility index (Phi) is 3.03. The normalized spacial score (nSPS) is 23.8. The van der Waals surface area contributed by atoms with E-state index in [0.717, 1.165) is 24.1 Å². The van der Waals surface area contributed by atoms with Crippen LogP contribution in [0.2, 0.25) is 0 Å². The number of piperazine rings is 1. The number of hydrogen-bond donors (Lipinski definition) is 1. The molecule has 100 valence electrons. The Balaban J connectivity index is 1.90. The van der Waals surface area contributed by atoms with Crippen LogP contribution in [0.15, 0.2) is 34.7 Å². The highest BCUT2D eigenvalue weighted by Crippen LogP contribution is 2.21. The molecule has 1 aliphatic heterocycles. The molecule has 0 saturated carbocycles. The fraction of sp³-hybridized carbons (Fsp3) is 0.400. The quantitative estimate of drug-likeness (QED) is 0.853. The number of nitrogens with one attached hydrogen (secondary N) is 1. The molecule has 0 spiro atoms. The molecule has 19 heavy (non-hydrogen) atoms. The lowest BCUT2D eigenvalue weighted by Crippen LogP contribution is -2.56. The number of amides is 1. The van der Waals surface area contributed by atoms with Gasteiger partial charge in [-0.05, 0) is 26.0 Å². The number of hydrogen-bond acceptors (Lipinski definition) is 3. The molecule has 1 fully saturated rings. The fourth-order valence-electron chi connectivity index (χ4n) is 2.53. The molecular formula is C15H18N2O2. The molecule has 0 radical (unpaired) electrons. The van der Waals surface area contributed by atoms with Gasteiger partial charge in [-0.3, -0.25) is 4.79 Å². The molecule has 1 aromatic heterocycles. The van der Waals surface area contributed by atoms with E-state index in [1.165, 1.54) is 0 Å². The monoisotopic (exact) mass is 258 g/mol. The highest BCUT2D eigenvalue weighted by atomic mass is 16.3. The van der Waals surface area contributed by atoms with Crippen LogP contribution < -0.4 is 5.32 Å². The Morgan fingerprint density at radius 3 is 2.95 bits per heavy atom. The Morgan fingerprint density at radius 2 is 2.16 bits per heavy atom. The first-order valence-electron chi connectivity index (χ1n) is 6.68. The topological polar surface area (TPSA) is 45.5 Å². The standard InChI is InChI=1S/C15H18N2O2/c1-10-9-17(11(2)8-16-10)15(18)14-7-12-5-3-4-6-13(12)19-14/h3-7,10-11,16H,8-9H2,1-2H3/t10-,11+/m1/s1. The average molecular weight is 258 g/mol. The molecule has 4 nitrogen and oxygen atoms in total. The van der Waals surface area contributed by atoms with Gasteiger partial charge in [-0.15, -0.1) is 0 Å². The highest BCUT2D eigenvalue weighted by molar-refractivity contribution is 5.96. The van der Waals surface area contributed by atoms with E-state index >= 15 is 0 Å². The molecule has 0 bridgehead atoms. The van der Waals surface area contributed by atoms with E-state index < -0.39 is 0 Å². The second-order valence-electron chi connectivity index (χ2n) is 5.26. The van der Waals surface area contributed by atoms with E-state index in [1.54, 1.807) is 0 Å². The molecule has 1 aromatic carbocycles. The van der Waals surface area contributed by atoms with Crippen LogP contribution in [-0.2, 0) is 0 Å². The lowest BCUT2D eigenvalue weighted by molar-refractivity contribution is 0.0586. The van der Waals surface area contributed by atoms with Crippen molar-refractivity contribution in [3.63, 3.8) is 0 Å². The first-order valence-corrected chi connectivity index (χ1v) is 6.68. The molecule has 1 saturated heterocycles. The third-order valence-electron chi connectivity index (χ3n) is 3.66. The third-order valence-corrected chi connectivity index (χ3v) is 3.66. The van der Waals surface area contributed by atoms with Crippen LogP contribution in [0.5, 0.6) is 0 Å². The Bertz CT molecular complexity index is 572. The van der Waals surface area contributed by atoms with Crippen molar-refractivity contribution in [1.82, 2.24) is 10.2 Å². The molecule has 2 atom stereocenters. The predicted molar refractivity (Wildman–Crippen MR) is 74.2 cm³/mol. The van der Waals surface area contributed by atoms with Gasteiger partial charge in [0.1, 0.15) is 5.58 Å². The minimum atomic E-state index is -0.0166. The molecule has 0 aliphatic carbocycles. The second kappa shape index (κ2) is 4.70. The van der Waals surface area contributed by atoms with Crippen LogP contribution in [-0.4, -0.2) is 36.0 Å². The molecule has 0 unspecified atom stereocenters. The van der Waals surface area contributed by atoms with Gasteiger partial charge in [-0.2, -0.15) is 0 Å². The van der Waals surface area contributed by atoms with Gasteiger partial charge in [0.25, 0.3) is 5.91 Å². The number of rotatable bonds is 1. The van der Waals surface area contributed by atoms with Crippen LogP contribution in [0.4, 0.5) is 0 Å². The van der Waals surface area contributed by atoms with Gasteiger partial charge in [0, 0.05) is 30.6 Å². The lowest BCUT2D eigenvalue weighted by Gasteiger charge is -2.37. The zero-order chi connectivity index (χ0) is 13.4. The van der Waals surface area contributed by atoms with E-state index in [1.807, 2.05) is 35.2 Å². The Labute approximate surface area is 112 Å². The van der Waals surface area contributed by atoms with Crippen molar-refractivity contribution in [3.05, 3.63) is 36.1 Å². The summed E-state index contributed by atoms with van der Waals surface area (Å²) in [6.07, 6.45) is 0. The Morgan fingerprint density at radius 1 is 1.37 bits per heavy atom. The van der Waals surface area contributed by atoms with Gasteiger partial charge in [-0.1, -0.05) is 18.2 Å². The maximum Gasteiger partial charge on any atom is 0.289 e. The van der Waals surface area contributed by atoms with Crippen molar-refractivity contribution in [2.24, 2.45) is 0 Å². The molecule has 3 rings (SSSR count). The summed E-state index contributed by atoms with van der Waals surface area (Å²) < 4.78 is 5.66.